The molecule has 0 bridgehead atoms. The maximum absolute atomic E-state index is 6.47. The summed E-state index contributed by atoms with van der Waals surface area (Å²) in [7, 11) is -2.34. The first kappa shape index (κ1) is 26.4. The minimum Gasteiger partial charge on any atom is -0.393 e. The summed E-state index contributed by atoms with van der Waals surface area (Å²) in [6, 6.07) is 1.08. The minimum atomic E-state index is -2.34. The number of hydrogen-bond donors (Lipinski definition) is 0. The fourth-order valence-electron chi connectivity index (χ4n) is 4.26. The van der Waals surface area contributed by atoms with Crippen molar-refractivity contribution in [3.05, 3.63) is 0 Å². The van der Waals surface area contributed by atoms with Gasteiger partial charge < -0.3 is 13.6 Å². The van der Waals surface area contributed by atoms with Gasteiger partial charge in [0.15, 0.2) is 17.4 Å². The second kappa shape index (κ2) is 12.5. The molecule has 1 saturated heterocycles. The molecular formula is C17H39AlNiO3Si. The molecule has 2 atom stereocenters. The normalized spacial score (nSPS) is 26.5. The Bertz CT molecular complexity index is 296. The number of ether oxygens (including phenoxy) is 1. The van der Waals surface area contributed by atoms with Crippen molar-refractivity contribution in [1.29, 1.82) is 0 Å². The van der Waals surface area contributed by atoms with Gasteiger partial charge in [-0.3, -0.25) is 0 Å². The summed E-state index contributed by atoms with van der Waals surface area (Å²) in [6.45, 7) is 15.4. The summed E-state index contributed by atoms with van der Waals surface area (Å²) >= 11 is 0. The molecule has 3 nitrogen and oxygen atoms in total. The average molecular weight is 405 g/mol. The van der Waals surface area contributed by atoms with Crippen LogP contribution in [0.4, 0.5) is 0 Å². The van der Waals surface area contributed by atoms with E-state index in [4.69, 9.17) is 13.6 Å². The SMILES string of the molecule is CCOC1(CC)C(CC(C)C)CCC[Si]1(OCC)OCC.[AlH3].[Ni]. The van der Waals surface area contributed by atoms with Crippen molar-refractivity contribution in [3.8, 4) is 0 Å². The van der Waals surface area contributed by atoms with E-state index < -0.39 is 8.56 Å². The Balaban J connectivity index is 0. The summed E-state index contributed by atoms with van der Waals surface area (Å²) < 4.78 is 19.2. The minimum absolute atomic E-state index is 0. The molecule has 0 amide bonds. The van der Waals surface area contributed by atoms with Gasteiger partial charge >= 0.3 is 8.56 Å². The third-order valence-electron chi connectivity index (χ3n) is 4.80. The van der Waals surface area contributed by atoms with Gasteiger partial charge in [0, 0.05) is 36.3 Å². The van der Waals surface area contributed by atoms with Crippen LogP contribution in [0.15, 0.2) is 0 Å². The van der Waals surface area contributed by atoms with Crippen molar-refractivity contribution in [1.82, 2.24) is 0 Å². The van der Waals surface area contributed by atoms with Crippen LogP contribution >= 0.6 is 0 Å². The zero-order valence-corrected chi connectivity index (χ0v) is 17.3. The van der Waals surface area contributed by atoms with Crippen LogP contribution in [0, 0.1) is 11.8 Å². The molecule has 2 unspecified atom stereocenters. The zero-order chi connectivity index (χ0) is 15.9. The maximum Gasteiger partial charge on any atom is 0.371 e. The van der Waals surface area contributed by atoms with Gasteiger partial charge in [0.1, 0.15) is 5.22 Å². The average Bonchev–Trinajstić information content (AvgIpc) is 2.43. The summed E-state index contributed by atoms with van der Waals surface area (Å²) in [5.41, 5.74) is 0. The first-order valence-corrected chi connectivity index (χ1v) is 11.0. The smallest absolute Gasteiger partial charge is 0.371 e. The monoisotopic (exact) mass is 404 g/mol. The molecule has 0 spiro atoms. The van der Waals surface area contributed by atoms with E-state index >= 15 is 0 Å². The molecule has 23 heavy (non-hydrogen) atoms. The molecule has 0 N–H and O–H groups in total. The Kier molecular flexibility index (Phi) is 14.3. The molecule has 0 radical (unpaired) electrons. The van der Waals surface area contributed by atoms with Crippen molar-refractivity contribution in [2.45, 2.75) is 78.5 Å². The predicted molar refractivity (Wildman–Crippen MR) is 101 cm³/mol. The van der Waals surface area contributed by atoms with Crippen molar-refractivity contribution in [3.63, 3.8) is 0 Å². The molecule has 6 heteroatoms. The first-order chi connectivity index (χ1) is 10.0. The van der Waals surface area contributed by atoms with Crippen LogP contribution < -0.4 is 0 Å². The summed E-state index contributed by atoms with van der Waals surface area (Å²) in [4.78, 5) is 0. The molecule has 0 aromatic heterocycles. The molecule has 1 heterocycles. The third-order valence-corrected chi connectivity index (χ3v) is 9.52. The van der Waals surface area contributed by atoms with Crippen molar-refractivity contribution in [2.75, 3.05) is 19.8 Å². The fourth-order valence-corrected chi connectivity index (χ4v) is 8.93. The van der Waals surface area contributed by atoms with Crippen LogP contribution in [-0.2, 0) is 30.1 Å². The maximum atomic E-state index is 6.47. The van der Waals surface area contributed by atoms with Gasteiger partial charge in [0.2, 0.25) is 0 Å². The van der Waals surface area contributed by atoms with E-state index in [1.54, 1.807) is 0 Å². The molecule has 0 aromatic rings. The Morgan fingerprint density at radius 2 is 1.61 bits per heavy atom. The van der Waals surface area contributed by atoms with Gasteiger partial charge in [-0.1, -0.05) is 27.2 Å². The molecule has 1 rings (SSSR count). The molecule has 0 saturated carbocycles. The fraction of sp³-hybridized carbons (Fsp3) is 1.00. The van der Waals surface area contributed by atoms with E-state index in [2.05, 4.69) is 41.5 Å². The molecule has 0 aromatic carbocycles. The first-order valence-electron chi connectivity index (χ1n) is 8.93. The van der Waals surface area contributed by atoms with Crippen LogP contribution in [0.5, 0.6) is 0 Å². The second-order valence-corrected chi connectivity index (χ2v) is 9.94. The van der Waals surface area contributed by atoms with Crippen LogP contribution in [0.25, 0.3) is 0 Å². The Morgan fingerprint density at radius 1 is 1.04 bits per heavy atom. The predicted octanol–water partition coefficient (Wildman–Crippen LogP) is 3.50. The third kappa shape index (κ3) is 5.81. The van der Waals surface area contributed by atoms with Crippen LogP contribution in [0.2, 0.25) is 6.04 Å². The van der Waals surface area contributed by atoms with Gasteiger partial charge in [0.05, 0.1) is 0 Å². The number of rotatable bonds is 9. The summed E-state index contributed by atoms with van der Waals surface area (Å²) in [5.74, 6) is 1.26. The zero-order valence-electron chi connectivity index (χ0n) is 15.4. The van der Waals surface area contributed by atoms with Gasteiger partial charge in [-0.25, -0.2) is 0 Å². The molecule has 1 aliphatic rings. The molecule has 1 fully saturated rings. The van der Waals surface area contributed by atoms with Crippen LogP contribution in [0.1, 0.15) is 67.2 Å². The van der Waals surface area contributed by atoms with E-state index in [-0.39, 0.29) is 39.1 Å². The largest absolute Gasteiger partial charge is 0.393 e. The van der Waals surface area contributed by atoms with E-state index in [0.717, 1.165) is 32.3 Å². The van der Waals surface area contributed by atoms with Gasteiger partial charge in [0.25, 0.3) is 0 Å². The Labute approximate surface area is 165 Å². The molecule has 0 aliphatic carbocycles. The van der Waals surface area contributed by atoms with E-state index in [1.165, 1.54) is 19.3 Å². The quantitative estimate of drug-likeness (QED) is 0.550. The van der Waals surface area contributed by atoms with Crippen LogP contribution in [0.3, 0.4) is 0 Å². The summed E-state index contributed by atoms with van der Waals surface area (Å²) in [6.07, 6.45) is 4.69. The number of hydrogen-bond acceptors (Lipinski definition) is 3. The van der Waals surface area contributed by atoms with Crippen molar-refractivity contribution < 1.29 is 30.1 Å². The van der Waals surface area contributed by atoms with Gasteiger partial charge in [-0.2, -0.15) is 0 Å². The van der Waals surface area contributed by atoms with Crippen molar-refractivity contribution in [2.24, 2.45) is 11.8 Å². The van der Waals surface area contributed by atoms with E-state index in [9.17, 15) is 0 Å². The van der Waals surface area contributed by atoms with E-state index in [0.29, 0.717) is 11.8 Å². The van der Waals surface area contributed by atoms with E-state index in [1.807, 2.05) is 0 Å². The van der Waals surface area contributed by atoms with Crippen LogP contribution in [-0.4, -0.2) is 51.0 Å². The van der Waals surface area contributed by atoms with Crippen molar-refractivity contribution >= 4 is 25.9 Å². The summed E-state index contributed by atoms with van der Waals surface area (Å²) in [5, 5.41) is -0.170. The standard InChI is InChI=1S/C17H36O3Si.Al.Ni.3H/c1-7-17(18-8-2)16(14-15(5)6)12-11-13-21(17,19-9-3)20-10-4;;;;;/h15-16H,7-14H2,1-6H3;;;;;. The molecular weight excluding hydrogens is 366 g/mol. The second-order valence-electron chi connectivity index (χ2n) is 6.51. The van der Waals surface area contributed by atoms with Gasteiger partial charge in [-0.15, -0.1) is 0 Å². The topological polar surface area (TPSA) is 27.7 Å². The molecule has 1 aliphatic heterocycles. The Hall–Kier alpha value is 1.12. The molecule has 142 valence electrons. The van der Waals surface area contributed by atoms with Gasteiger partial charge in [-0.05, 0) is 57.9 Å². The Morgan fingerprint density at radius 3 is 2.00 bits per heavy atom.